The number of alkyl halides is 3. The number of carbonyl (C=O) groups excluding carboxylic acids is 1. The molecule has 0 saturated carbocycles. The topological polar surface area (TPSA) is 80.2 Å². The van der Waals surface area contributed by atoms with Crippen molar-refractivity contribution in [1.82, 2.24) is 5.32 Å². The van der Waals surface area contributed by atoms with Crippen molar-refractivity contribution in [2.45, 2.75) is 18.6 Å². The molecule has 0 unspecified atom stereocenters. The zero-order chi connectivity index (χ0) is 16.5. The van der Waals surface area contributed by atoms with Crippen LogP contribution >= 0.6 is 0 Å². The number of carbonyl (C=O) groups is 1. The van der Waals surface area contributed by atoms with Crippen LogP contribution in [0.4, 0.5) is 13.2 Å². The Balaban J connectivity index is 2.42. The van der Waals surface area contributed by atoms with Crippen LogP contribution in [0.25, 0.3) is 0 Å². The Labute approximate surface area is 123 Å². The summed E-state index contributed by atoms with van der Waals surface area (Å²) in [6.45, 7) is 0. The van der Waals surface area contributed by atoms with Crippen molar-refractivity contribution in [1.29, 1.82) is 0 Å². The molecule has 1 aromatic carbocycles. The summed E-state index contributed by atoms with van der Waals surface area (Å²) < 4.78 is 47.3. The van der Waals surface area contributed by atoms with Crippen molar-refractivity contribution in [3.63, 3.8) is 0 Å². The fourth-order valence-electron chi connectivity index (χ4n) is 2.31. The summed E-state index contributed by atoms with van der Waals surface area (Å²) in [5.41, 5.74) is 0.916. The Kier molecular flexibility index (Phi) is 4.16. The van der Waals surface area contributed by atoms with Gasteiger partial charge in [0.2, 0.25) is 0 Å². The molecule has 2 N–H and O–H groups in total. The SMILES string of the molecule is COc1cc2c(cc1OC)[C@@H](NC(=O)C(F)(F)F)C/C2=N/O. The van der Waals surface area contributed by atoms with E-state index in [2.05, 4.69) is 5.16 Å². The summed E-state index contributed by atoms with van der Waals surface area (Å²) >= 11 is 0. The van der Waals surface area contributed by atoms with Gasteiger partial charge in [-0.1, -0.05) is 5.16 Å². The third-order valence-electron chi connectivity index (χ3n) is 3.32. The molecule has 0 saturated heterocycles. The monoisotopic (exact) mass is 318 g/mol. The maximum absolute atomic E-state index is 12.4. The number of rotatable bonds is 3. The smallest absolute Gasteiger partial charge is 0.471 e. The number of hydrogen-bond donors (Lipinski definition) is 2. The van der Waals surface area contributed by atoms with E-state index in [-0.39, 0.29) is 12.1 Å². The second-order valence-electron chi connectivity index (χ2n) is 4.57. The molecule has 0 aromatic heterocycles. The van der Waals surface area contributed by atoms with Gasteiger partial charge in [-0.05, 0) is 17.7 Å². The van der Waals surface area contributed by atoms with Crippen LogP contribution in [0.1, 0.15) is 23.6 Å². The minimum Gasteiger partial charge on any atom is -0.493 e. The molecule has 1 atom stereocenters. The van der Waals surface area contributed by atoms with E-state index in [9.17, 15) is 18.0 Å². The predicted octanol–water partition coefficient (Wildman–Crippen LogP) is 2.01. The van der Waals surface area contributed by atoms with Crippen LogP contribution in [0.5, 0.6) is 11.5 Å². The van der Waals surface area contributed by atoms with Crippen LogP contribution in [0.15, 0.2) is 17.3 Å². The normalized spacial score (nSPS) is 19.0. The average molecular weight is 318 g/mol. The predicted molar refractivity (Wildman–Crippen MR) is 69.4 cm³/mol. The third kappa shape index (κ3) is 2.78. The van der Waals surface area contributed by atoms with Crippen LogP contribution in [-0.2, 0) is 4.79 Å². The molecule has 0 heterocycles. The molecule has 6 nitrogen and oxygen atoms in total. The molecule has 9 heteroatoms. The standard InChI is InChI=1S/C13H13F3N2O4/c1-21-10-3-6-7(4-11(10)22-2)9(18-20)5-8(6)17-12(19)13(14,15)16/h3-4,8,20H,5H2,1-2H3,(H,17,19)/b18-9-/t8-/m0/s1. The van der Waals surface area contributed by atoms with Gasteiger partial charge < -0.3 is 20.0 Å². The van der Waals surface area contributed by atoms with E-state index in [4.69, 9.17) is 14.7 Å². The van der Waals surface area contributed by atoms with Gasteiger partial charge in [0.05, 0.1) is 26.0 Å². The highest BCUT2D eigenvalue weighted by molar-refractivity contribution is 6.06. The molecule has 1 amide bonds. The number of fused-ring (bicyclic) bond motifs is 1. The van der Waals surface area contributed by atoms with E-state index in [1.165, 1.54) is 26.4 Å². The second-order valence-corrected chi connectivity index (χ2v) is 4.57. The second kappa shape index (κ2) is 5.74. The zero-order valence-corrected chi connectivity index (χ0v) is 11.7. The van der Waals surface area contributed by atoms with Gasteiger partial charge in [0, 0.05) is 12.0 Å². The molecule has 0 aliphatic heterocycles. The molecular weight excluding hydrogens is 305 g/mol. The molecule has 1 aromatic rings. The summed E-state index contributed by atoms with van der Waals surface area (Å²) in [5.74, 6) is -1.42. The first-order valence-corrected chi connectivity index (χ1v) is 6.16. The van der Waals surface area contributed by atoms with E-state index in [0.29, 0.717) is 22.6 Å². The van der Waals surface area contributed by atoms with Crippen molar-refractivity contribution < 1.29 is 32.6 Å². The Hall–Kier alpha value is -2.45. The molecule has 120 valence electrons. The number of amides is 1. The summed E-state index contributed by atoms with van der Waals surface area (Å²) in [7, 11) is 2.78. The highest BCUT2D eigenvalue weighted by Gasteiger charge is 2.42. The van der Waals surface area contributed by atoms with Gasteiger partial charge in [0.1, 0.15) is 0 Å². The van der Waals surface area contributed by atoms with Crippen molar-refractivity contribution in [2.24, 2.45) is 5.16 Å². The largest absolute Gasteiger partial charge is 0.493 e. The lowest BCUT2D eigenvalue weighted by atomic mass is 10.1. The van der Waals surface area contributed by atoms with Gasteiger partial charge in [-0.25, -0.2) is 0 Å². The molecule has 1 aliphatic carbocycles. The molecule has 0 bridgehead atoms. The molecule has 2 rings (SSSR count). The van der Waals surface area contributed by atoms with Crippen molar-refractivity contribution in [3.8, 4) is 11.5 Å². The highest BCUT2D eigenvalue weighted by Crippen LogP contribution is 2.40. The van der Waals surface area contributed by atoms with Gasteiger partial charge >= 0.3 is 12.1 Å². The highest BCUT2D eigenvalue weighted by atomic mass is 19.4. The average Bonchev–Trinajstić information content (AvgIpc) is 2.81. The number of benzene rings is 1. The lowest BCUT2D eigenvalue weighted by Gasteiger charge is -2.16. The van der Waals surface area contributed by atoms with Crippen LogP contribution in [-0.4, -0.2) is 37.2 Å². The minimum atomic E-state index is -4.99. The van der Waals surface area contributed by atoms with E-state index < -0.39 is 18.1 Å². The Morgan fingerprint density at radius 1 is 1.32 bits per heavy atom. The first-order valence-electron chi connectivity index (χ1n) is 6.16. The van der Waals surface area contributed by atoms with E-state index >= 15 is 0 Å². The maximum Gasteiger partial charge on any atom is 0.471 e. The van der Waals surface area contributed by atoms with Gasteiger partial charge in [0.15, 0.2) is 11.5 Å². The molecule has 0 radical (unpaired) electrons. The van der Waals surface area contributed by atoms with E-state index in [1.54, 1.807) is 0 Å². The minimum absolute atomic E-state index is 0.0655. The summed E-state index contributed by atoms with van der Waals surface area (Å²) in [6.07, 6.45) is -5.06. The van der Waals surface area contributed by atoms with Crippen LogP contribution < -0.4 is 14.8 Å². The van der Waals surface area contributed by atoms with Crippen molar-refractivity contribution in [3.05, 3.63) is 23.3 Å². The number of ether oxygens (including phenoxy) is 2. The van der Waals surface area contributed by atoms with Gasteiger partial charge in [-0.3, -0.25) is 4.79 Å². The van der Waals surface area contributed by atoms with Gasteiger partial charge in [-0.2, -0.15) is 13.2 Å². The number of hydrogen-bond acceptors (Lipinski definition) is 5. The van der Waals surface area contributed by atoms with Crippen LogP contribution in [0.3, 0.4) is 0 Å². The lowest BCUT2D eigenvalue weighted by molar-refractivity contribution is -0.174. The molecule has 0 spiro atoms. The molecule has 22 heavy (non-hydrogen) atoms. The first-order chi connectivity index (χ1) is 10.3. The Morgan fingerprint density at radius 3 is 2.41 bits per heavy atom. The first kappa shape index (κ1) is 15.9. The molecule has 0 fully saturated rings. The summed E-state index contributed by atoms with van der Waals surface area (Å²) in [4.78, 5) is 11.1. The Morgan fingerprint density at radius 2 is 1.91 bits per heavy atom. The number of oxime groups is 1. The van der Waals surface area contributed by atoms with E-state index in [1.807, 2.05) is 5.32 Å². The van der Waals surface area contributed by atoms with E-state index in [0.717, 1.165) is 0 Å². The summed E-state index contributed by atoms with van der Waals surface area (Å²) in [5, 5.41) is 13.9. The molecular formula is C13H13F3N2O4. The maximum atomic E-state index is 12.4. The van der Waals surface area contributed by atoms with Crippen molar-refractivity contribution >= 4 is 11.6 Å². The fourth-order valence-corrected chi connectivity index (χ4v) is 2.31. The third-order valence-corrected chi connectivity index (χ3v) is 3.32. The molecule has 1 aliphatic rings. The zero-order valence-electron chi connectivity index (χ0n) is 11.7. The quantitative estimate of drug-likeness (QED) is 0.660. The van der Waals surface area contributed by atoms with Gasteiger partial charge in [0.25, 0.3) is 0 Å². The van der Waals surface area contributed by atoms with Crippen LogP contribution in [0, 0.1) is 0 Å². The Bertz CT molecular complexity index is 628. The summed E-state index contributed by atoms with van der Waals surface area (Å²) in [6, 6.07) is 1.98. The number of nitrogens with one attached hydrogen (secondary N) is 1. The lowest BCUT2D eigenvalue weighted by Crippen LogP contribution is -2.38. The number of halogens is 3. The fraction of sp³-hybridized carbons (Fsp3) is 0.385. The number of nitrogens with zero attached hydrogens (tertiary/aromatic N) is 1. The van der Waals surface area contributed by atoms with Crippen molar-refractivity contribution in [2.75, 3.05) is 14.2 Å². The number of methoxy groups -OCH3 is 2. The van der Waals surface area contributed by atoms with Gasteiger partial charge in [-0.15, -0.1) is 0 Å². The van der Waals surface area contributed by atoms with Crippen LogP contribution in [0.2, 0.25) is 0 Å².